The molecule has 0 spiro atoms. The zero-order valence-corrected chi connectivity index (χ0v) is 12.5. The van der Waals surface area contributed by atoms with Crippen molar-refractivity contribution < 1.29 is 14.6 Å². The Bertz CT molecular complexity index is 656. The third-order valence-corrected chi connectivity index (χ3v) is 4.02. The summed E-state index contributed by atoms with van der Waals surface area (Å²) in [5.74, 6) is -0.307. The van der Waals surface area contributed by atoms with Crippen molar-refractivity contribution >= 4 is 11.6 Å². The number of amides is 1. The number of aliphatic hydroxyl groups is 1. The molecule has 4 nitrogen and oxygen atoms in total. The van der Waals surface area contributed by atoms with Gasteiger partial charge in [-0.15, -0.1) is 0 Å². The highest BCUT2D eigenvalue weighted by atomic mass is 16.5. The van der Waals surface area contributed by atoms with Crippen LogP contribution in [-0.2, 0) is 16.0 Å². The van der Waals surface area contributed by atoms with Crippen LogP contribution in [0.15, 0.2) is 54.6 Å². The highest BCUT2D eigenvalue weighted by molar-refractivity contribution is 5.99. The third kappa shape index (κ3) is 2.63. The van der Waals surface area contributed by atoms with E-state index in [0.29, 0.717) is 12.2 Å². The van der Waals surface area contributed by atoms with E-state index in [1.54, 1.807) is 24.1 Å². The molecule has 0 fully saturated rings. The summed E-state index contributed by atoms with van der Waals surface area (Å²) in [6, 6.07) is 16.7. The number of nitrogens with zero attached hydrogens (tertiary/aromatic N) is 1. The summed E-state index contributed by atoms with van der Waals surface area (Å²) in [5, 5.41) is 10.4. The third-order valence-electron chi connectivity index (χ3n) is 4.02. The van der Waals surface area contributed by atoms with E-state index in [0.717, 1.165) is 17.7 Å². The quantitative estimate of drug-likeness (QED) is 0.942. The van der Waals surface area contributed by atoms with Gasteiger partial charge < -0.3 is 14.7 Å². The van der Waals surface area contributed by atoms with Crippen LogP contribution in [0.3, 0.4) is 0 Å². The number of anilines is 1. The van der Waals surface area contributed by atoms with Gasteiger partial charge in [0.15, 0.2) is 6.10 Å². The van der Waals surface area contributed by atoms with Crippen LogP contribution in [-0.4, -0.2) is 30.8 Å². The van der Waals surface area contributed by atoms with Gasteiger partial charge in [-0.3, -0.25) is 4.79 Å². The molecule has 1 heterocycles. The Kier molecular flexibility index (Phi) is 4.22. The molecule has 2 aromatic rings. The first kappa shape index (κ1) is 14.8. The summed E-state index contributed by atoms with van der Waals surface area (Å²) in [6.45, 7) is 0.446. The van der Waals surface area contributed by atoms with Gasteiger partial charge in [0.05, 0.1) is 12.6 Å². The van der Waals surface area contributed by atoms with Crippen molar-refractivity contribution in [2.45, 2.75) is 18.6 Å². The van der Waals surface area contributed by atoms with Gasteiger partial charge >= 0.3 is 0 Å². The van der Waals surface area contributed by atoms with Crippen molar-refractivity contribution in [2.24, 2.45) is 0 Å². The molecular weight excluding hydrogens is 278 g/mol. The molecule has 0 bridgehead atoms. The molecule has 1 aliphatic rings. The summed E-state index contributed by atoms with van der Waals surface area (Å²) in [4.78, 5) is 14.5. The topological polar surface area (TPSA) is 49.8 Å². The first-order chi connectivity index (χ1) is 10.7. The van der Waals surface area contributed by atoms with E-state index < -0.39 is 6.10 Å². The SMILES string of the molecule is COC[C@@H]1Cc2ccccc2N1C(=O)[C@@H](O)c1ccccc1. The lowest BCUT2D eigenvalue weighted by molar-refractivity contribution is -0.127. The molecule has 2 atom stereocenters. The van der Waals surface area contributed by atoms with E-state index in [1.807, 2.05) is 42.5 Å². The van der Waals surface area contributed by atoms with E-state index in [1.165, 1.54) is 0 Å². The van der Waals surface area contributed by atoms with E-state index in [2.05, 4.69) is 0 Å². The smallest absolute Gasteiger partial charge is 0.260 e. The number of carbonyl (C=O) groups is 1. The molecule has 0 aliphatic carbocycles. The maximum Gasteiger partial charge on any atom is 0.260 e. The Morgan fingerprint density at radius 3 is 2.64 bits per heavy atom. The molecule has 114 valence electrons. The molecule has 0 unspecified atom stereocenters. The van der Waals surface area contributed by atoms with E-state index in [9.17, 15) is 9.90 Å². The van der Waals surface area contributed by atoms with Gasteiger partial charge in [0.2, 0.25) is 0 Å². The number of benzene rings is 2. The van der Waals surface area contributed by atoms with Crippen molar-refractivity contribution in [1.82, 2.24) is 0 Å². The minimum Gasteiger partial charge on any atom is -0.383 e. The second kappa shape index (κ2) is 6.30. The van der Waals surface area contributed by atoms with Crippen molar-refractivity contribution in [3.05, 3.63) is 65.7 Å². The lowest BCUT2D eigenvalue weighted by atomic mass is 10.1. The first-order valence-electron chi connectivity index (χ1n) is 7.35. The van der Waals surface area contributed by atoms with Gasteiger partial charge in [-0.2, -0.15) is 0 Å². The summed E-state index contributed by atoms with van der Waals surface area (Å²) in [6.07, 6.45) is -0.413. The monoisotopic (exact) mass is 297 g/mol. The van der Waals surface area contributed by atoms with Crippen LogP contribution in [0, 0.1) is 0 Å². The summed E-state index contributed by atoms with van der Waals surface area (Å²) in [5.41, 5.74) is 2.58. The molecule has 1 amide bonds. The van der Waals surface area contributed by atoms with Crippen molar-refractivity contribution in [2.75, 3.05) is 18.6 Å². The normalized spacial score (nSPS) is 18.1. The Labute approximate surface area is 130 Å². The average molecular weight is 297 g/mol. The minimum atomic E-state index is -1.16. The number of para-hydroxylation sites is 1. The van der Waals surface area contributed by atoms with Crippen LogP contribution in [0.25, 0.3) is 0 Å². The molecule has 0 saturated carbocycles. The van der Waals surface area contributed by atoms with Crippen LogP contribution < -0.4 is 4.90 Å². The van der Waals surface area contributed by atoms with Crippen molar-refractivity contribution in [3.63, 3.8) is 0 Å². The highest BCUT2D eigenvalue weighted by Gasteiger charge is 2.36. The number of hydrogen-bond acceptors (Lipinski definition) is 3. The molecule has 0 aromatic heterocycles. The molecule has 1 aliphatic heterocycles. The molecule has 4 heteroatoms. The van der Waals surface area contributed by atoms with E-state index in [4.69, 9.17) is 4.74 Å². The number of rotatable bonds is 4. The molecule has 0 radical (unpaired) electrons. The second-order valence-electron chi connectivity index (χ2n) is 5.46. The number of carbonyl (C=O) groups excluding carboxylic acids is 1. The van der Waals surface area contributed by atoms with Gasteiger partial charge in [0, 0.05) is 12.8 Å². The Balaban J connectivity index is 1.92. The zero-order valence-electron chi connectivity index (χ0n) is 12.5. The largest absolute Gasteiger partial charge is 0.383 e. The van der Waals surface area contributed by atoms with E-state index >= 15 is 0 Å². The Morgan fingerprint density at radius 1 is 1.23 bits per heavy atom. The van der Waals surface area contributed by atoms with Crippen molar-refractivity contribution in [1.29, 1.82) is 0 Å². The fraction of sp³-hybridized carbons (Fsp3) is 0.278. The number of fused-ring (bicyclic) bond motifs is 1. The minimum absolute atomic E-state index is 0.0757. The van der Waals surface area contributed by atoms with Crippen LogP contribution in [0.5, 0.6) is 0 Å². The Morgan fingerprint density at radius 2 is 1.91 bits per heavy atom. The summed E-state index contributed by atoms with van der Waals surface area (Å²) in [7, 11) is 1.62. The second-order valence-corrected chi connectivity index (χ2v) is 5.46. The summed E-state index contributed by atoms with van der Waals surface area (Å²) >= 11 is 0. The van der Waals surface area contributed by atoms with Gasteiger partial charge in [0.1, 0.15) is 0 Å². The molecule has 1 N–H and O–H groups in total. The maximum absolute atomic E-state index is 12.8. The maximum atomic E-state index is 12.8. The molecule has 2 aromatic carbocycles. The highest BCUT2D eigenvalue weighted by Crippen LogP contribution is 2.34. The van der Waals surface area contributed by atoms with E-state index in [-0.39, 0.29) is 11.9 Å². The molecule has 3 rings (SSSR count). The van der Waals surface area contributed by atoms with Crippen LogP contribution in [0.4, 0.5) is 5.69 Å². The predicted octanol–water partition coefficient (Wildman–Crippen LogP) is 2.32. The van der Waals surface area contributed by atoms with Crippen molar-refractivity contribution in [3.8, 4) is 0 Å². The number of aliphatic hydroxyl groups excluding tert-OH is 1. The predicted molar refractivity (Wildman–Crippen MR) is 84.7 cm³/mol. The number of ether oxygens (including phenoxy) is 1. The summed E-state index contributed by atoms with van der Waals surface area (Å²) < 4.78 is 5.25. The fourth-order valence-electron chi connectivity index (χ4n) is 2.99. The van der Waals surface area contributed by atoms with Crippen LogP contribution >= 0.6 is 0 Å². The Hall–Kier alpha value is -2.17. The van der Waals surface area contributed by atoms with Crippen LogP contribution in [0.2, 0.25) is 0 Å². The molecule has 0 saturated heterocycles. The van der Waals surface area contributed by atoms with Gasteiger partial charge in [-0.1, -0.05) is 48.5 Å². The fourth-order valence-corrected chi connectivity index (χ4v) is 2.99. The van der Waals surface area contributed by atoms with Crippen LogP contribution in [0.1, 0.15) is 17.2 Å². The lowest BCUT2D eigenvalue weighted by Crippen LogP contribution is -2.43. The van der Waals surface area contributed by atoms with Gasteiger partial charge in [-0.05, 0) is 23.6 Å². The molecular formula is C18H19NO3. The molecule has 22 heavy (non-hydrogen) atoms. The first-order valence-corrected chi connectivity index (χ1v) is 7.35. The van der Waals surface area contributed by atoms with Gasteiger partial charge in [-0.25, -0.2) is 0 Å². The number of hydrogen-bond donors (Lipinski definition) is 1. The number of methoxy groups -OCH3 is 1. The van der Waals surface area contributed by atoms with Gasteiger partial charge in [0.25, 0.3) is 5.91 Å². The average Bonchev–Trinajstić information content (AvgIpc) is 2.92. The standard InChI is InChI=1S/C18H19NO3/c1-22-12-15-11-14-9-5-6-10-16(14)19(15)18(21)17(20)13-7-3-2-4-8-13/h2-10,15,17,20H,11-12H2,1H3/t15-,17-/m0/s1. The zero-order chi connectivity index (χ0) is 15.5. The lowest BCUT2D eigenvalue weighted by Gasteiger charge is -2.27.